The SMILES string of the molecule is C[C@@H]1CCN(Cc2ccccc2)CCN1.Cl. The average Bonchev–Trinajstić information content (AvgIpc) is 2.46. The molecule has 1 aromatic rings. The van der Waals surface area contributed by atoms with Crippen molar-refractivity contribution in [3.8, 4) is 0 Å². The van der Waals surface area contributed by atoms with E-state index in [0.717, 1.165) is 13.1 Å². The van der Waals surface area contributed by atoms with Crippen LogP contribution in [0.2, 0.25) is 0 Å². The van der Waals surface area contributed by atoms with Crippen LogP contribution in [-0.4, -0.2) is 30.6 Å². The van der Waals surface area contributed by atoms with E-state index in [1.54, 1.807) is 0 Å². The summed E-state index contributed by atoms with van der Waals surface area (Å²) in [4.78, 5) is 2.53. The smallest absolute Gasteiger partial charge is 0.0234 e. The zero-order valence-corrected chi connectivity index (χ0v) is 10.7. The molecule has 2 rings (SSSR count). The van der Waals surface area contributed by atoms with E-state index >= 15 is 0 Å². The van der Waals surface area contributed by atoms with Crippen molar-refractivity contribution in [1.29, 1.82) is 0 Å². The summed E-state index contributed by atoms with van der Waals surface area (Å²) in [5.41, 5.74) is 1.42. The van der Waals surface area contributed by atoms with Crippen molar-refractivity contribution >= 4 is 12.4 Å². The van der Waals surface area contributed by atoms with E-state index in [9.17, 15) is 0 Å². The molecule has 16 heavy (non-hydrogen) atoms. The molecule has 90 valence electrons. The minimum absolute atomic E-state index is 0. The molecule has 1 fully saturated rings. The Hall–Kier alpha value is -0.570. The lowest BCUT2D eigenvalue weighted by Crippen LogP contribution is -2.28. The van der Waals surface area contributed by atoms with E-state index in [2.05, 4.69) is 47.5 Å². The third-order valence-corrected chi connectivity index (χ3v) is 3.05. The van der Waals surface area contributed by atoms with Gasteiger partial charge in [-0.05, 0) is 18.9 Å². The predicted molar refractivity (Wildman–Crippen MR) is 71.0 cm³/mol. The van der Waals surface area contributed by atoms with Crippen molar-refractivity contribution in [3.63, 3.8) is 0 Å². The van der Waals surface area contributed by atoms with Gasteiger partial charge in [0.1, 0.15) is 0 Å². The van der Waals surface area contributed by atoms with Gasteiger partial charge >= 0.3 is 0 Å². The van der Waals surface area contributed by atoms with Gasteiger partial charge in [-0.3, -0.25) is 4.90 Å². The maximum absolute atomic E-state index is 3.52. The molecule has 0 radical (unpaired) electrons. The summed E-state index contributed by atoms with van der Waals surface area (Å²) < 4.78 is 0. The molecule has 0 unspecified atom stereocenters. The van der Waals surface area contributed by atoms with Crippen LogP contribution in [0.5, 0.6) is 0 Å². The van der Waals surface area contributed by atoms with Gasteiger partial charge in [0.05, 0.1) is 0 Å². The van der Waals surface area contributed by atoms with Crippen molar-refractivity contribution in [3.05, 3.63) is 35.9 Å². The summed E-state index contributed by atoms with van der Waals surface area (Å²) in [6.07, 6.45) is 1.26. The Balaban J connectivity index is 0.00000128. The normalized spacial score (nSPS) is 22.2. The Morgan fingerprint density at radius 1 is 1.25 bits per heavy atom. The molecule has 0 aliphatic carbocycles. The fraction of sp³-hybridized carbons (Fsp3) is 0.538. The predicted octanol–water partition coefficient (Wildman–Crippen LogP) is 2.29. The van der Waals surface area contributed by atoms with Crippen molar-refractivity contribution in [1.82, 2.24) is 10.2 Å². The zero-order valence-electron chi connectivity index (χ0n) is 9.86. The number of rotatable bonds is 2. The van der Waals surface area contributed by atoms with Crippen LogP contribution in [0, 0.1) is 0 Å². The summed E-state index contributed by atoms with van der Waals surface area (Å²) in [6, 6.07) is 11.4. The van der Waals surface area contributed by atoms with Crippen LogP contribution in [0.25, 0.3) is 0 Å². The quantitative estimate of drug-likeness (QED) is 0.854. The number of halogens is 1. The van der Waals surface area contributed by atoms with E-state index in [4.69, 9.17) is 0 Å². The Morgan fingerprint density at radius 2 is 2.00 bits per heavy atom. The first kappa shape index (κ1) is 13.5. The van der Waals surface area contributed by atoms with E-state index in [1.165, 1.54) is 25.1 Å². The fourth-order valence-corrected chi connectivity index (χ4v) is 2.06. The largest absolute Gasteiger partial charge is 0.313 e. The second-order valence-electron chi connectivity index (χ2n) is 4.41. The molecular weight excluding hydrogens is 220 g/mol. The Labute approximate surface area is 104 Å². The minimum atomic E-state index is 0. The molecule has 2 nitrogen and oxygen atoms in total. The van der Waals surface area contributed by atoms with Crippen molar-refractivity contribution < 1.29 is 0 Å². The second kappa shape index (κ2) is 6.89. The van der Waals surface area contributed by atoms with Crippen molar-refractivity contribution in [2.45, 2.75) is 25.9 Å². The molecule has 1 aliphatic heterocycles. The summed E-state index contributed by atoms with van der Waals surface area (Å²) in [5, 5.41) is 3.52. The van der Waals surface area contributed by atoms with Gasteiger partial charge in [0.15, 0.2) is 0 Å². The third kappa shape index (κ3) is 4.12. The van der Waals surface area contributed by atoms with Crippen LogP contribution in [0.15, 0.2) is 30.3 Å². The molecule has 1 heterocycles. The van der Waals surface area contributed by atoms with E-state index in [-0.39, 0.29) is 12.4 Å². The minimum Gasteiger partial charge on any atom is -0.313 e. The fourth-order valence-electron chi connectivity index (χ4n) is 2.06. The molecule has 1 saturated heterocycles. The first-order chi connectivity index (χ1) is 7.34. The highest BCUT2D eigenvalue weighted by Crippen LogP contribution is 2.07. The van der Waals surface area contributed by atoms with Crippen LogP contribution < -0.4 is 5.32 Å². The van der Waals surface area contributed by atoms with Crippen LogP contribution >= 0.6 is 12.4 Å². The third-order valence-electron chi connectivity index (χ3n) is 3.05. The lowest BCUT2D eigenvalue weighted by atomic mass is 10.2. The van der Waals surface area contributed by atoms with Gasteiger partial charge in [0.2, 0.25) is 0 Å². The molecule has 0 aromatic heterocycles. The highest BCUT2D eigenvalue weighted by Gasteiger charge is 2.12. The second-order valence-corrected chi connectivity index (χ2v) is 4.41. The average molecular weight is 241 g/mol. The molecule has 0 bridgehead atoms. The molecule has 1 aromatic carbocycles. The number of benzene rings is 1. The molecule has 0 spiro atoms. The Morgan fingerprint density at radius 3 is 2.75 bits per heavy atom. The first-order valence-electron chi connectivity index (χ1n) is 5.84. The molecule has 0 amide bonds. The molecule has 0 saturated carbocycles. The number of nitrogens with one attached hydrogen (secondary N) is 1. The summed E-state index contributed by atoms with van der Waals surface area (Å²) in [5.74, 6) is 0. The highest BCUT2D eigenvalue weighted by molar-refractivity contribution is 5.85. The van der Waals surface area contributed by atoms with Crippen molar-refractivity contribution in [2.75, 3.05) is 19.6 Å². The number of hydrogen-bond acceptors (Lipinski definition) is 2. The van der Waals surface area contributed by atoms with E-state index < -0.39 is 0 Å². The summed E-state index contributed by atoms with van der Waals surface area (Å²) in [6.45, 7) is 6.86. The van der Waals surface area contributed by atoms with Gasteiger partial charge in [-0.1, -0.05) is 30.3 Å². The maximum atomic E-state index is 3.52. The topological polar surface area (TPSA) is 15.3 Å². The lowest BCUT2D eigenvalue weighted by Gasteiger charge is -2.19. The highest BCUT2D eigenvalue weighted by atomic mass is 35.5. The van der Waals surface area contributed by atoms with Crippen LogP contribution in [0.1, 0.15) is 18.9 Å². The zero-order chi connectivity index (χ0) is 10.5. The van der Waals surface area contributed by atoms with Gasteiger partial charge < -0.3 is 5.32 Å². The summed E-state index contributed by atoms with van der Waals surface area (Å²) >= 11 is 0. The molecule has 1 N–H and O–H groups in total. The molecule has 1 aliphatic rings. The van der Waals surface area contributed by atoms with Crippen molar-refractivity contribution in [2.24, 2.45) is 0 Å². The van der Waals surface area contributed by atoms with Crippen LogP contribution in [0.3, 0.4) is 0 Å². The van der Waals surface area contributed by atoms with Gasteiger partial charge in [-0.15, -0.1) is 12.4 Å². The standard InChI is InChI=1S/C13H20N2.ClH/c1-12-7-9-15(10-8-14-12)11-13-5-3-2-4-6-13;/h2-6,12,14H,7-11H2,1H3;1H/t12-;/m1./s1. The Kier molecular flexibility index (Phi) is 5.81. The van der Waals surface area contributed by atoms with Gasteiger partial charge in [0.25, 0.3) is 0 Å². The van der Waals surface area contributed by atoms with Gasteiger partial charge in [0, 0.05) is 32.2 Å². The first-order valence-corrected chi connectivity index (χ1v) is 5.84. The summed E-state index contributed by atoms with van der Waals surface area (Å²) in [7, 11) is 0. The molecule has 1 atom stereocenters. The number of nitrogens with zero attached hydrogens (tertiary/aromatic N) is 1. The molecule has 3 heteroatoms. The number of hydrogen-bond donors (Lipinski definition) is 1. The van der Waals surface area contributed by atoms with Crippen LogP contribution in [-0.2, 0) is 6.54 Å². The monoisotopic (exact) mass is 240 g/mol. The molecular formula is C13H21ClN2. The van der Waals surface area contributed by atoms with Gasteiger partial charge in [-0.25, -0.2) is 0 Å². The Bertz CT molecular complexity index is 289. The van der Waals surface area contributed by atoms with Gasteiger partial charge in [-0.2, -0.15) is 0 Å². The van der Waals surface area contributed by atoms with Crippen LogP contribution in [0.4, 0.5) is 0 Å². The van der Waals surface area contributed by atoms with E-state index in [1.807, 2.05) is 0 Å². The maximum Gasteiger partial charge on any atom is 0.0234 e. The lowest BCUT2D eigenvalue weighted by molar-refractivity contribution is 0.282. The van der Waals surface area contributed by atoms with E-state index in [0.29, 0.717) is 6.04 Å².